The van der Waals surface area contributed by atoms with Crippen molar-refractivity contribution < 1.29 is 22.8 Å². The Morgan fingerprint density at radius 2 is 1.81 bits per heavy atom. The third-order valence-electron chi connectivity index (χ3n) is 4.72. The van der Waals surface area contributed by atoms with E-state index in [1.165, 1.54) is 11.0 Å². The minimum Gasteiger partial charge on any atom is -0.370 e. The number of nitrogens with one attached hydrogen (secondary N) is 1. The van der Waals surface area contributed by atoms with Crippen LogP contribution in [0.1, 0.15) is 31.2 Å². The van der Waals surface area contributed by atoms with Gasteiger partial charge in [-0.3, -0.25) is 9.59 Å². The van der Waals surface area contributed by atoms with Crippen LogP contribution >= 0.6 is 11.8 Å². The average Bonchev–Trinajstić information content (AvgIpc) is 2.85. The van der Waals surface area contributed by atoms with Crippen molar-refractivity contribution in [1.29, 1.82) is 0 Å². The molecule has 2 heterocycles. The summed E-state index contributed by atoms with van der Waals surface area (Å²) in [5, 5.41) is 2.43. The second-order valence-corrected chi connectivity index (χ2v) is 7.76. The number of thioether (sulfide) groups is 1. The van der Waals surface area contributed by atoms with Gasteiger partial charge < -0.3 is 15.1 Å². The first-order valence-corrected chi connectivity index (χ1v) is 10.0. The second kappa shape index (κ2) is 8.41. The van der Waals surface area contributed by atoms with Gasteiger partial charge in [-0.2, -0.15) is 13.2 Å². The largest absolute Gasteiger partial charge is 0.416 e. The van der Waals surface area contributed by atoms with Gasteiger partial charge in [0.15, 0.2) is 0 Å². The molecule has 0 unspecified atom stereocenters. The molecule has 0 bridgehead atoms. The Morgan fingerprint density at radius 1 is 1.11 bits per heavy atom. The van der Waals surface area contributed by atoms with Gasteiger partial charge in [0, 0.05) is 25.4 Å². The lowest BCUT2D eigenvalue weighted by Gasteiger charge is -2.26. The Kier molecular flexibility index (Phi) is 6.18. The molecular formula is C18H22F3N3O2S. The van der Waals surface area contributed by atoms with E-state index < -0.39 is 17.6 Å². The molecule has 0 spiro atoms. The van der Waals surface area contributed by atoms with Gasteiger partial charge in [-0.05, 0) is 31.0 Å². The molecule has 5 nitrogen and oxygen atoms in total. The van der Waals surface area contributed by atoms with Crippen LogP contribution < -0.4 is 10.2 Å². The predicted octanol–water partition coefficient (Wildman–Crippen LogP) is 4.19. The monoisotopic (exact) mass is 401 g/mol. The molecule has 0 radical (unpaired) electrons. The van der Waals surface area contributed by atoms with Crippen LogP contribution in [0.3, 0.4) is 0 Å². The molecule has 2 amide bonds. The third kappa shape index (κ3) is 5.09. The minimum atomic E-state index is -4.49. The van der Waals surface area contributed by atoms with E-state index in [0.29, 0.717) is 18.0 Å². The molecule has 0 aliphatic carbocycles. The number of amides is 2. The fourth-order valence-corrected chi connectivity index (χ4v) is 4.16. The fourth-order valence-electron chi connectivity index (χ4n) is 3.33. The zero-order valence-corrected chi connectivity index (χ0v) is 15.7. The van der Waals surface area contributed by atoms with Gasteiger partial charge >= 0.3 is 6.18 Å². The molecule has 1 N–H and O–H groups in total. The molecule has 2 saturated heterocycles. The summed E-state index contributed by atoms with van der Waals surface area (Å²) in [6.45, 7) is 1.81. The highest BCUT2D eigenvalue weighted by molar-refractivity contribution is 8.13. The van der Waals surface area contributed by atoms with E-state index in [1.807, 2.05) is 4.90 Å². The summed E-state index contributed by atoms with van der Waals surface area (Å²) in [4.78, 5) is 27.4. The molecular weight excluding hydrogens is 379 g/mol. The number of benzene rings is 1. The summed E-state index contributed by atoms with van der Waals surface area (Å²) in [6, 6.07) is 3.47. The van der Waals surface area contributed by atoms with Crippen molar-refractivity contribution in [3.8, 4) is 0 Å². The standard InChI is InChI=1S/C18H22F3N3O2S/c19-18(20,21)13-5-6-15(23-7-3-1-2-4-8-23)14(11-13)22-16(25)12-24-9-10-27-17(24)26/h5-6,11H,1-4,7-10,12H2,(H,22,25). The lowest BCUT2D eigenvalue weighted by Crippen LogP contribution is -2.34. The maximum absolute atomic E-state index is 13.1. The number of carbonyl (C=O) groups is 2. The SMILES string of the molecule is O=C(CN1CCSC1=O)Nc1cc(C(F)(F)F)ccc1N1CCCCCC1. The Balaban J connectivity index is 1.82. The molecule has 1 aromatic rings. The molecule has 0 atom stereocenters. The normalized spacial score (nSPS) is 18.6. The van der Waals surface area contributed by atoms with Gasteiger partial charge in [-0.15, -0.1) is 0 Å². The van der Waals surface area contributed by atoms with E-state index in [9.17, 15) is 22.8 Å². The summed E-state index contributed by atoms with van der Waals surface area (Å²) in [5.74, 6) is 0.135. The number of halogens is 3. The highest BCUT2D eigenvalue weighted by Gasteiger charge is 2.32. The summed E-state index contributed by atoms with van der Waals surface area (Å²) in [7, 11) is 0. The number of nitrogens with zero attached hydrogens (tertiary/aromatic N) is 2. The number of rotatable bonds is 4. The zero-order valence-electron chi connectivity index (χ0n) is 14.8. The van der Waals surface area contributed by atoms with Crippen molar-refractivity contribution in [2.45, 2.75) is 31.9 Å². The van der Waals surface area contributed by atoms with E-state index in [2.05, 4.69) is 5.32 Å². The Hall–Kier alpha value is -1.90. The molecule has 0 aromatic heterocycles. The van der Waals surface area contributed by atoms with Crippen LogP contribution in [-0.2, 0) is 11.0 Å². The first-order valence-electron chi connectivity index (χ1n) is 9.02. The van der Waals surface area contributed by atoms with E-state index in [1.54, 1.807) is 0 Å². The van der Waals surface area contributed by atoms with Gasteiger partial charge in [0.05, 0.1) is 16.9 Å². The lowest BCUT2D eigenvalue weighted by molar-refractivity contribution is -0.137. The van der Waals surface area contributed by atoms with Crippen molar-refractivity contribution in [3.05, 3.63) is 23.8 Å². The Morgan fingerprint density at radius 3 is 2.41 bits per heavy atom. The maximum atomic E-state index is 13.1. The number of carbonyl (C=O) groups excluding carboxylic acids is 2. The molecule has 3 rings (SSSR count). The van der Waals surface area contributed by atoms with Crippen LogP contribution in [0, 0.1) is 0 Å². The van der Waals surface area contributed by atoms with Gasteiger partial charge in [-0.1, -0.05) is 24.6 Å². The van der Waals surface area contributed by atoms with Gasteiger partial charge in [0.2, 0.25) is 5.91 Å². The van der Waals surface area contributed by atoms with Crippen molar-refractivity contribution >= 4 is 34.3 Å². The van der Waals surface area contributed by atoms with Crippen molar-refractivity contribution in [3.63, 3.8) is 0 Å². The van der Waals surface area contributed by atoms with Gasteiger partial charge in [0.1, 0.15) is 6.54 Å². The quantitative estimate of drug-likeness (QED) is 0.822. The van der Waals surface area contributed by atoms with Gasteiger partial charge in [0.25, 0.3) is 5.24 Å². The van der Waals surface area contributed by atoms with Crippen LogP contribution in [0.15, 0.2) is 18.2 Å². The van der Waals surface area contributed by atoms with Crippen molar-refractivity contribution in [2.75, 3.05) is 42.1 Å². The Bertz CT molecular complexity index is 704. The molecule has 1 aromatic carbocycles. The molecule has 2 aliphatic rings. The number of hydrogen-bond donors (Lipinski definition) is 1. The number of hydrogen-bond acceptors (Lipinski definition) is 4. The topological polar surface area (TPSA) is 52.7 Å². The molecule has 2 fully saturated rings. The zero-order chi connectivity index (χ0) is 19.4. The molecule has 9 heteroatoms. The predicted molar refractivity (Wildman–Crippen MR) is 100 cm³/mol. The van der Waals surface area contributed by atoms with Crippen LogP contribution in [0.2, 0.25) is 0 Å². The van der Waals surface area contributed by atoms with Crippen molar-refractivity contribution in [2.24, 2.45) is 0 Å². The van der Waals surface area contributed by atoms with E-state index in [-0.39, 0.29) is 17.5 Å². The number of anilines is 2. The fraction of sp³-hybridized carbons (Fsp3) is 0.556. The highest BCUT2D eigenvalue weighted by atomic mass is 32.2. The molecule has 0 saturated carbocycles. The smallest absolute Gasteiger partial charge is 0.370 e. The van der Waals surface area contributed by atoms with Crippen LogP contribution in [-0.4, -0.2) is 48.0 Å². The lowest BCUT2D eigenvalue weighted by atomic mass is 10.1. The Labute approximate surface area is 160 Å². The number of alkyl halides is 3. The minimum absolute atomic E-state index is 0.149. The summed E-state index contributed by atoms with van der Waals surface area (Å²) in [5.41, 5.74) is -0.0550. The summed E-state index contributed by atoms with van der Waals surface area (Å²) >= 11 is 1.14. The third-order valence-corrected chi connectivity index (χ3v) is 5.62. The van der Waals surface area contributed by atoms with E-state index in [4.69, 9.17) is 0 Å². The molecule has 27 heavy (non-hydrogen) atoms. The first kappa shape index (κ1) is 19.9. The van der Waals surface area contributed by atoms with Crippen LogP contribution in [0.5, 0.6) is 0 Å². The molecule has 148 valence electrons. The molecule has 2 aliphatic heterocycles. The summed E-state index contributed by atoms with van der Waals surface area (Å²) < 4.78 is 39.4. The maximum Gasteiger partial charge on any atom is 0.416 e. The van der Waals surface area contributed by atoms with Crippen LogP contribution in [0.25, 0.3) is 0 Å². The van der Waals surface area contributed by atoms with Crippen molar-refractivity contribution in [1.82, 2.24) is 4.90 Å². The first-order chi connectivity index (χ1) is 12.8. The van der Waals surface area contributed by atoms with E-state index >= 15 is 0 Å². The second-order valence-electron chi connectivity index (χ2n) is 6.72. The van der Waals surface area contributed by atoms with Gasteiger partial charge in [-0.25, -0.2) is 0 Å². The highest BCUT2D eigenvalue weighted by Crippen LogP contribution is 2.36. The average molecular weight is 401 g/mol. The van der Waals surface area contributed by atoms with E-state index in [0.717, 1.165) is 62.7 Å². The van der Waals surface area contributed by atoms with Crippen LogP contribution in [0.4, 0.5) is 29.3 Å². The summed E-state index contributed by atoms with van der Waals surface area (Å²) in [6.07, 6.45) is -0.374.